The van der Waals surface area contributed by atoms with Gasteiger partial charge in [-0.3, -0.25) is 0 Å². The number of benzene rings is 2. The molecule has 3 rings (SSSR count). The minimum Gasteiger partial charge on any atom is -0.872 e. The van der Waals surface area contributed by atoms with Crippen LogP contribution in [0.25, 0.3) is 0 Å². The number of hydrogen-bond acceptors (Lipinski definition) is 10. The van der Waals surface area contributed by atoms with Gasteiger partial charge in [0.05, 0.1) is 24.9 Å². The van der Waals surface area contributed by atoms with Gasteiger partial charge in [-0.15, -0.1) is 0 Å². The van der Waals surface area contributed by atoms with Gasteiger partial charge >= 0.3 is 0 Å². The first-order chi connectivity index (χ1) is 14.8. The summed E-state index contributed by atoms with van der Waals surface area (Å²) in [5, 5.41) is 39.6. The molecule has 0 fully saturated rings. The Balaban J connectivity index is 1.71. The van der Waals surface area contributed by atoms with Crippen LogP contribution in [0.3, 0.4) is 0 Å². The Bertz CT molecular complexity index is 812. The van der Waals surface area contributed by atoms with E-state index in [1.807, 2.05) is 0 Å². The first kappa shape index (κ1) is 20.6. The standard InChI is InChI=1S/C20H20N4O6/c25-19-15-3-1-4-16(19)12-22-28-8-10-30-24-14-18-6-2-5-17(20(18)26)13-23-29-9-7-27-21-11-15/h1-6,11-14,25-26H,7-10H2/p-2/b21-11-,22-12+,23-13+,24-14+. The van der Waals surface area contributed by atoms with E-state index in [9.17, 15) is 10.2 Å². The average Bonchev–Trinajstić information content (AvgIpc) is 2.75. The Morgan fingerprint density at radius 1 is 0.500 bits per heavy atom. The van der Waals surface area contributed by atoms with Crippen molar-refractivity contribution in [3.8, 4) is 11.5 Å². The van der Waals surface area contributed by atoms with Crippen molar-refractivity contribution in [2.75, 3.05) is 26.4 Å². The molecule has 0 unspecified atom stereocenters. The fourth-order valence-electron chi connectivity index (χ4n) is 2.29. The maximum absolute atomic E-state index is 12.3. The number of rotatable bonds is 0. The minimum absolute atomic E-state index is 0.102. The SMILES string of the molecule is [O-]c1c2cccc1/C=N/OCCO/N=C/c1cccc(c1[O-])/C=N/OCCO/N=C\2. The Kier molecular flexibility index (Phi) is 7.61. The molecule has 10 nitrogen and oxygen atoms in total. The molecular formula is C20H18N4O6-2. The lowest BCUT2D eigenvalue weighted by Gasteiger charge is -2.13. The summed E-state index contributed by atoms with van der Waals surface area (Å²) in [5.74, 6) is -0.536. The lowest BCUT2D eigenvalue weighted by atomic mass is 10.1. The zero-order chi connectivity index (χ0) is 21.0. The van der Waals surface area contributed by atoms with Crippen molar-refractivity contribution in [1.82, 2.24) is 0 Å². The second-order valence-electron chi connectivity index (χ2n) is 5.80. The van der Waals surface area contributed by atoms with Gasteiger partial charge in [0.25, 0.3) is 0 Å². The highest BCUT2D eigenvalue weighted by Crippen LogP contribution is 2.17. The van der Waals surface area contributed by atoms with Gasteiger partial charge in [-0.1, -0.05) is 68.5 Å². The van der Waals surface area contributed by atoms with Crippen molar-refractivity contribution in [3.63, 3.8) is 0 Å². The Hall–Kier alpha value is -4.08. The van der Waals surface area contributed by atoms with Crippen LogP contribution in [0.5, 0.6) is 11.5 Å². The summed E-state index contributed by atoms with van der Waals surface area (Å²) in [4.78, 5) is 20.2. The summed E-state index contributed by atoms with van der Waals surface area (Å²) in [6.07, 6.45) is 5.21. The van der Waals surface area contributed by atoms with Crippen molar-refractivity contribution in [2.45, 2.75) is 0 Å². The first-order valence-electron chi connectivity index (χ1n) is 8.97. The molecule has 1 aliphatic rings. The molecule has 0 radical (unpaired) electrons. The summed E-state index contributed by atoms with van der Waals surface area (Å²) < 4.78 is 0. The van der Waals surface area contributed by atoms with Crippen LogP contribution >= 0.6 is 0 Å². The van der Waals surface area contributed by atoms with Gasteiger partial charge in [0.2, 0.25) is 0 Å². The van der Waals surface area contributed by atoms with Crippen LogP contribution in [-0.4, -0.2) is 51.3 Å². The van der Waals surface area contributed by atoms with Gasteiger partial charge in [-0.2, -0.15) is 0 Å². The maximum atomic E-state index is 12.3. The smallest absolute Gasteiger partial charge is 0.153 e. The summed E-state index contributed by atoms with van der Waals surface area (Å²) in [6.45, 7) is 0.410. The molecule has 0 spiro atoms. The molecule has 0 saturated heterocycles. The van der Waals surface area contributed by atoms with E-state index < -0.39 is 0 Å². The highest BCUT2D eigenvalue weighted by atomic mass is 16.7. The number of para-hydroxylation sites is 2. The highest BCUT2D eigenvalue weighted by molar-refractivity contribution is 5.91. The van der Waals surface area contributed by atoms with Crippen LogP contribution < -0.4 is 10.2 Å². The predicted molar refractivity (Wildman–Crippen MR) is 106 cm³/mol. The third kappa shape index (κ3) is 5.96. The highest BCUT2D eigenvalue weighted by Gasteiger charge is 1.98. The maximum Gasteiger partial charge on any atom is 0.153 e. The summed E-state index contributed by atoms with van der Waals surface area (Å²) in [5.41, 5.74) is 1.34. The molecule has 10 heteroatoms. The quantitative estimate of drug-likeness (QED) is 0.635. The molecule has 0 amide bonds. The number of hydrogen-bond donors (Lipinski definition) is 0. The largest absolute Gasteiger partial charge is 0.872 e. The van der Waals surface area contributed by atoms with Crippen molar-refractivity contribution < 1.29 is 29.6 Å². The van der Waals surface area contributed by atoms with E-state index in [1.54, 1.807) is 36.4 Å². The second-order valence-corrected chi connectivity index (χ2v) is 5.80. The molecule has 1 aliphatic heterocycles. The Morgan fingerprint density at radius 2 is 0.767 bits per heavy atom. The van der Waals surface area contributed by atoms with Crippen LogP contribution in [0.1, 0.15) is 22.3 Å². The fourth-order valence-corrected chi connectivity index (χ4v) is 2.29. The van der Waals surface area contributed by atoms with Crippen molar-refractivity contribution >= 4 is 24.9 Å². The van der Waals surface area contributed by atoms with Gasteiger partial charge in [0.15, 0.2) is 26.4 Å². The fraction of sp³-hybridized carbons (Fsp3) is 0.200. The van der Waals surface area contributed by atoms with Gasteiger partial charge in [-0.25, -0.2) is 0 Å². The number of oxime groups is 4. The summed E-state index contributed by atoms with van der Waals surface area (Å²) in [6, 6.07) is 9.80. The van der Waals surface area contributed by atoms with Crippen LogP contribution in [0.2, 0.25) is 0 Å². The molecule has 0 N–H and O–H groups in total. The van der Waals surface area contributed by atoms with Gasteiger partial charge in [0.1, 0.15) is 0 Å². The van der Waals surface area contributed by atoms with E-state index in [-0.39, 0.29) is 37.9 Å². The van der Waals surface area contributed by atoms with E-state index in [1.165, 1.54) is 24.9 Å². The Morgan fingerprint density at radius 3 is 1.03 bits per heavy atom. The molecule has 30 heavy (non-hydrogen) atoms. The average molecular weight is 410 g/mol. The molecule has 2 aromatic rings. The molecular weight excluding hydrogens is 392 g/mol. The van der Waals surface area contributed by atoms with Crippen molar-refractivity contribution in [2.24, 2.45) is 20.6 Å². The second kappa shape index (κ2) is 11.1. The zero-order valence-electron chi connectivity index (χ0n) is 15.8. The molecule has 1 heterocycles. The van der Waals surface area contributed by atoms with Gasteiger partial charge in [-0.05, 0) is 22.3 Å². The zero-order valence-corrected chi connectivity index (χ0v) is 15.8. The van der Waals surface area contributed by atoms with Crippen LogP contribution in [0.15, 0.2) is 57.0 Å². The van der Waals surface area contributed by atoms with E-state index in [0.717, 1.165) is 0 Å². The monoisotopic (exact) mass is 410 g/mol. The lowest BCUT2D eigenvalue weighted by Crippen LogP contribution is -2.04. The van der Waals surface area contributed by atoms with Gasteiger partial charge in [0, 0.05) is 0 Å². The van der Waals surface area contributed by atoms with Crippen molar-refractivity contribution in [1.29, 1.82) is 0 Å². The third-order valence-electron chi connectivity index (χ3n) is 3.75. The first-order valence-corrected chi connectivity index (χ1v) is 8.97. The van der Waals surface area contributed by atoms with E-state index in [4.69, 9.17) is 19.4 Å². The van der Waals surface area contributed by atoms with E-state index >= 15 is 0 Å². The minimum atomic E-state index is -0.268. The molecule has 0 aromatic heterocycles. The molecule has 0 saturated carbocycles. The molecule has 156 valence electrons. The number of fused-ring (bicyclic) bond motifs is 4. The number of nitrogens with zero attached hydrogens (tertiary/aromatic N) is 4. The van der Waals surface area contributed by atoms with Crippen LogP contribution in [-0.2, 0) is 19.4 Å². The topological polar surface area (TPSA) is 132 Å². The molecule has 0 aliphatic carbocycles. The summed E-state index contributed by atoms with van der Waals surface area (Å²) in [7, 11) is 0. The van der Waals surface area contributed by atoms with Crippen molar-refractivity contribution in [3.05, 3.63) is 58.7 Å². The molecule has 0 atom stereocenters. The molecule has 2 aromatic carbocycles. The third-order valence-corrected chi connectivity index (χ3v) is 3.75. The van der Waals surface area contributed by atoms with Gasteiger partial charge < -0.3 is 29.6 Å². The van der Waals surface area contributed by atoms with E-state index in [0.29, 0.717) is 22.3 Å². The normalized spacial score (nSPS) is 19.2. The predicted octanol–water partition coefficient (Wildman–Crippen LogP) is 0.950. The molecule has 4 bridgehead atoms. The summed E-state index contributed by atoms with van der Waals surface area (Å²) >= 11 is 0. The van der Waals surface area contributed by atoms with E-state index in [2.05, 4.69) is 20.6 Å². The van der Waals surface area contributed by atoms with Crippen LogP contribution in [0.4, 0.5) is 0 Å². The lowest BCUT2D eigenvalue weighted by molar-refractivity contribution is -0.269. The Labute approximate surface area is 172 Å². The van der Waals surface area contributed by atoms with Crippen LogP contribution in [0, 0.1) is 0 Å².